The van der Waals surface area contributed by atoms with Gasteiger partial charge in [-0.1, -0.05) is 28.1 Å². The Morgan fingerprint density at radius 2 is 2.04 bits per heavy atom. The van der Waals surface area contributed by atoms with Crippen LogP contribution in [0.1, 0.15) is 29.1 Å². The molecule has 132 valence electrons. The van der Waals surface area contributed by atoms with Gasteiger partial charge in [0, 0.05) is 23.3 Å². The summed E-state index contributed by atoms with van der Waals surface area (Å²) in [4.78, 5) is 6.53. The van der Waals surface area contributed by atoms with Gasteiger partial charge in [-0.15, -0.1) is 0 Å². The maximum atomic E-state index is 6.25. The van der Waals surface area contributed by atoms with Crippen LogP contribution in [0.2, 0.25) is 0 Å². The number of furan rings is 1. The van der Waals surface area contributed by atoms with E-state index in [0.717, 1.165) is 27.3 Å². The van der Waals surface area contributed by atoms with Crippen molar-refractivity contribution in [1.82, 2.24) is 15.2 Å². The molecule has 3 heterocycles. The molecular formula is C20H18BrN3OS. The predicted octanol–water partition coefficient (Wildman–Crippen LogP) is 5.01. The van der Waals surface area contributed by atoms with Crippen LogP contribution in [0, 0.1) is 6.92 Å². The molecule has 2 atom stereocenters. The van der Waals surface area contributed by atoms with Crippen molar-refractivity contribution in [3.05, 3.63) is 76.2 Å². The van der Waals surface area contributed by atoms with Crippen LogP contribution in [0.5, 0.6) is 0 Å². The number of aromatic nitrogens is 1. The number of benzene rings is 1. The van der Waals surface area contributed by atoms with E-state index in [2.05, 4.69) is 51.4 Å². The van der Waals surface area contributed by atoms with Crippen LogP contribution in [0.15, 0.2) is 63.6 Å². The highest BCUT2D eigenvalue weighted by molar-refractivity contribution is 9.10. The number of hydrogen-bond acceptors (Lipinski definition) is 3. The van der Waals surface area contributed by atoms with E-state index in [9.17, 15) is 0 Å². The molecule has 1 fully saturated rings. The number of rotatable bonds is 3. The zero-order chi connectivity index (χ0) is 18.3. The number of hydrogen-bond donors (Lipinski definition) is 1. The number of likely N-dealkylation sites (N-methyl/N-ethyl adjacent to an activating group) is 1. The van der Waals surface area contributed by atoms with Gasteiger partial charge in [0.05, 0.1) is 11.7 Å². The van der Waals surface area contributed by atoms with Crippen LogP contribution in [0.25, 0.3) is 11.3 Å². The van der Waals surface area contributed by atoms with Crippen molar-refractivity contribution in [2.45, 2.75) is 19.0 Å². The highest BCUT2D eigenvalue weighted by atomic mass is 79.9. The first-order chi connectivity index (χ1) is 12.5. The monoisotopic (exact) mass is 427 g/mol. The van der Waals surface area contributed by atoms with E-state index < -0.39 is 0 Å². The minimum absolute atomic E-state index is 0.0460. The van der Waals surface area contributed by atoms with E-state index in [1.807, 2.05) is 42.3 Å². The molecule has 26 heavy (non-hydrogen) atoms. The average Bonchev–Trinajstić information content (AvgIpc) is 3.21. The number of nitrogens with one attached hydrogen (secondary N) is 1. The molecule has 0 spiro atoms. The lowest BCUT2D eigenvalue weighted by molar-refractivity contribution is 0.310. The second-order valence-corrected chi connectivity index (χ2v) is 7.66. The van der Waals surface area contributed by atoms with Crippen LogP contribution in [0.3, 0.4) is 0 Å². The fraction of sp³-hybridized carbons (Fsp3) is 0.200. The van der Waals surface area contributed by atoms with Gasteiger partial charge in [-0.05, 0) is 61.1 Å². The van der Waals surface area contributed by atoms with Crippen molar-refractivity contribution in [3.8, 4) is 11.3 Å². The summed E-state index contributed by atoms with van der Waals surface area (Å²) < 4.78 is 7.27. The number of pyridine rings is 1. The maximum Gasteiger partial charge on any atom is 0.170 e. The largest absolute Gasteiger partial charge is 0.459 e. The van der Waals surface area contributed by atoms with Gasteiger partial charge in [-0.25, -0.2) is 0 Å². The zero-order valence-corrected chi connectivity index (χ0v) is 16.8. The maximum absolute atomic E-state index is 6.25. The summed E-state index contributed by atoms with van der Waals surface area (Å²) in [5, 5.41) is 4.06. The van der Waals surface area contributed by atoms with Gasteiger partial charge in [0.2, 0.25) is 0 Å². The fourth-order valence-corrected chi connectivity index (χ4v) is 4.22. The third kappa shape index (κ3) is 3.04. The van der Waals surface area contributed by atoms with Crippen LogP contribution in [0.4, 0.5) is 0 Å². The molecule has 0 aliphatic carbocycles. The Kier molecular flexibility index (Phi) is 4.54. The van der Waals surface area contributed by atoms with Crippen molar-refractivity contribution >= 4 is 33.3 Å². The van der Waals surface area contributed by atoms with E-state index in [1.54, 1.807) is 6.20 Å². The van der Waals surface area contributed by atoms with Gasteiger partial charge in [-0.3, -0.25) is 4.98 Å². The first kappa shape index (κ1) is 17.2. The lowest BCUT2D eigenvalue weighted by Gasteiger charge is -2.21. The van der Waals surface area contributed by atoms with Gasteiger partial charge in [-0.2, -0.15) is 0 Å². The molecule has 3 aromatic rings. The smallest absolute Gasteiger partial charge is 0.170 e. The van der Waals surface area contributed by atoms with Crippen LogP contribution in [-0.4, -0.2) is 22.0 Å². The van der Waals surface area contributed by atoms with E-state index in [0.29, 0.717) is 5.11 Å². The fourth-order valence-electron chi connectivity index (χ4n) is 3.29. The van der Waals surface area contributed by atoms with E-state index in [4.69, 9.17) is 16.6 Å². The van der Waals surface area contributed by atoms with Gasteiger partial charge < -0.3 is 14.6 Å². The van der Waals surface area contributed by atoms with Crippen LogP contribution < -0.4 is 5.32 Å². The molecule has 1 aliphatic heterocycles. The van der Waals surface area contributed by atoms with Gasteiger partial charge >= 0.3 is 0 Å². The van der Waals surface area contributed by atoms with Gasteiger partial charge in [0.15, 0.2) is 5.11 Å². The Bertz CT molecular complexity index is 957. The molecule has 1 saturated heterocycles. The van der Waals surface area contributed by atoms with Crippen molar-refractivity contribution in [2.24, 2.45) is 0 Å². The van der Waals surface area contributed by atoms with E-state index >= 15 is 0 Å². The molecule has 4 rings (SSSR count). The van der Waals surface area contributed by atoms with E-state index in [-0.39, 0.29) is 12.1 Å². The first-order valence-electron chi connectivity index (χ1n) is 8.35. The number of nitrogens with zero attached hydrogens (tertiary/aromatic N) is 2. The molecule has 4 nitrogen and oxygen atoms in total. The Hall–Kier alpha value is -2.18. The Morgan fingerprint density at radius 3 is 2.77 bits per heavy atom. The molecule has 1 N–H and O–H groups in total. The first-order valence-corrected chi connectivity index (χ1v) is 9.55. The standard InChI is InChI=1S/C20H18BrN3OS/c1-12-6-7-13(14(21)11-12)16-8-9-17(25-16)19-18(23-20(26)24(19)2)15-5-3-4-10-22-15/h3-11,18-19H,1-2H3,(H,23,26). The average molecular weight is 428 g/mol. The molecular weight excluding hydrogens is 410 g/mol. The SMILES string of the molecule is Cc1ccc(-c2ccc(C3C(c4ccccn4)NC(=S)N3C)o2)c(Br)c1. The summed E-state index contributed by atoms with van der Waals surface area (Å²) >= 11 is 9.10. The second-order valence-electron chi connectivity index (χ2n) is 6.42. The summed E-state index contributed by atoms with van der Waals surface area (Å²) in [7, 11) is 1.98. The van der Waals surface area contributed by atoms with Crippen LogP contribution >= 0.6 is 28.1 Å². The molecule has 0 bridgehead atoms. The minimum Gasteiger partial charge on any atom is -0.459 e. The topological polar surface area (TPSA) is 41.3 Å². The normalized spacial score (nSPS) is 19.7. The summed E-state index contributed by atoms with van der Waals surface area (Å²) in [5.41, 5.74) is 3.18. The van der Waals surface area contributed by atoms with Gasteiger partial charge in [0.1, 0.15) is 17.6 Å². The molecule has 0 radical (unpaired) electrons. The summed E-state index contributed by atoms with van der Waals surface area (Å²) in [5.74, 6) is 1.69. The van der Waals surface area contributed by atoms with Crippen molar-refractivity contribution in [2.75, 3.05) is 7.05 Å². The third-order valence-electron chi connectivity index (χ3n) is 4.65. The minimum atomic E-state index is -0.0471. The Labute approximate surface area is 166 Å². The van der Waals surface area contributed by atoms with E-state index in [1.165, 1.54) is 5.56 Å². The summed E-state index contributed by atoms with van der Waals surface area (Å²) in [6, 6.07) is 16.1. The molecule has 0 saturated carbocycles. The zero-order valence-electron chi connectivity index (χ0n) is 14.4. The Balaban J connectivity index is 1.72. The molecule has 2 unspecified atom stereocenters. The predicted molar refractivity (Wildman–Crippen MR) is 110 cm³/mol. The number of halogens is 1. The van der Waals surface area contributed by atoms with Crippen molar-refractivity contribution < 1.29 is 4.42 Å². The third-order valence-corrected chi connectivity index (χ3v) is 5.71. The quantitative estimate of drug-likeness (QED) is 0.594. The summed E-state index contributed by atoms with van der Waals surface area (Å²) in [6.45, 7) is 2.07. The molecule has 2 aromatic heterocycles. The molecule has 1 aromatic carbocycles. The number of aryl methyl sites for hydroxylation is 1. The molecule has 6 heteroatoms. The molecule has 1 aliphatic rings. The summed E-state index contributed by atoms with van der Waals surface area (Å²) in [6.07, 6.45) is 1.80. The van der Waals surface area contributed by atoms with Gasteiger partial charge in [0.25, 0.3) is 0 Å². The highest BCUT2D eigenvalue weighted by Gasteiger charge is 2.39. The lowest BCUT2D eigenvalue weighted by atomic mass is 10.0. The van der Waals surface area contributed by atoms with Crippen LogP contribution in [-0.2, 0) is 0 Å². The Morgan fingerprint density at radius 1 is 1.19 bits per heavy atom. The van der Waals surface area contributed by atoms with Crippen molar-refractivity contribution in [1.29, 1.82) is 0 Å². The molecule has 0 amide bonds. The lowest BCUT2D eigenvalue weighted by Crippen LogP contribution is -2.24. The van der Waals surface area contributed by atoms with Crippen molar-refractivity contribution in [3.63, 3.8) is 0 Å². The highest BCUT2D eigenvalue weighted by Crippen LogP contribution is 2.40. The number of thiocarbonyl (C=S) groups is 1. The second kappa shape index (κ2) is 6.85.